The Bertz CT molecular complexity index is 529. The second-order valence-electron chi connectivity index (χ2n) is 5.02. The molecule has 0 spiro atoms. The number of piperazine rings is 1. The van der Waals surface area contributed by atoms with Gasteiger partial charge in [0.15, 0.2) is 0 Å². The molecule has 2 amide bonds. The summed E-state index contributed by atoms with van der Waals surface area (Å²) in [5.41, 5.74) is 1.91. The summed E-state index contributed by atoms with van der Waals surface area (Å²) in [4.78, 5) is 26.3. The fourth-order valence-electron chi connectivity index (χ4n) is 2.26. The molecule has 0 saturated carbocycles. The molecule has 1 aliphatic heterocycles. The van der Waals surface area contributed by atoms with Crippen LogP contribution in [-0.4, -0.2) is 55.4 Å². The van der Waals surface area contributed by atoms with E-state index in [0.717, 1.165) is 23.3 Å². The molecule has 112 valence electrons. The Morgan fingerprint density at radius 3 is 2.29 bits per heavy atom. The number of carbonyl (C=O) groups is 2. The van der Waals surface area contributed by atoms with E-state index in [-0.39, 0.29) is 5.91 Å². The van der Waals surface area contributed by atoms with Gasteiger partial charge in [0, 0.05) is 32.3 Å². The predicted molar refractivity (Wildman–Crippen MR) is 80.9 cm³/mol. The lowest BCUT2D eigenvalue weighted by Crippen LogP contribution is -2.47. The van der Waals surface area contributed by atoms with Gasteiger partial charge in [-0.15, -0.1) is 0 Å². The van der Waals surface area contributed by atoms with Crippen molar-refractivity contribution in [3.63, 3.8) is 0 Å². The molecular formula is C16H20N2O3. The maximum Gasteiger partial charge on any atom is 0.246 e. The number of amides is 2. The smallest absolute Gasteiger partial charge is 0.246 e. The van der Waals surface area contributed by atoms with Crippen molar-refractivity contribution in [1.29, 1.82) is 0 Å². The molecule has 0 aliphatic carbocycles. The predicted octanol–water partition coefficient (Wildman–Crippen LogP) is 1.40. The van der Waals surface area contributed by atoms with E-state index < -0.39 is 0 Å². The number of benzene rings is 1. The number of allylic oxidation sites excluding steroid dienone is 1. The fourth-order valence-corrected chi connectivity index (χ4v) is 2.26. The SMILES string of the molecule is COc1ccc(/C(C)=C/C(=O)N2CCN(C=O)CC2)cc1. The van der Waals surface area contributed by atoms with E-state index in [1.807, 2.05) is 31.2 Å². The summed E-state index contributed by atoms with van der Waals surface area (Å²) in [5.74, 6) is 0.789. The first-order valence-corrected chi connectivity index (χ1v) is 6.95. The van der Waals surface area contributed by atoms with Gasteiger partial charge in [-0.2, -0.15) is 0 Å². The highest BCUT2D eigenvalue weighted by atomic mass is 16.5. The van der Waals surface area contributed by atoms with Gasteiger partial charge >= 0.3 is 0 Å². The van der Waals surface area contributed by atoms with E-state index in [9.17, 15) is 9.59 Å². The van der Waals surface area contributed by atoms with E-state index in [2.05, 4.69) is 0 Å². The van der Waals surface area contributed by atoms with Crippen LogP contribution < -0.4 is 4.74 Å². The van der Waals surface area contributed by atoms with E-state index >= 15 is 0 Å². The van der Waals surface area contributed by atoms with Crippen LogP contribution in [0.1, 0.15) is 12.5 Å². The molecular weight excluding hydrogens is 268 g/mol. The third-order valence-corrected chi connectivity index (χ3v) is 3.66. The molecule has 1 saturated heterocycles. The van der Waals surface area contributed by atoms with Crippen molar-refractivity contribution in [3.8, 4) is 5.75 Å². The first-order valence-electron chi connectivity index (χ1n) is 6.95. The van der Waals surface area contributed by atoms with E-state index in [4.69, 9.17) is 4.74 Å². The van der Waals surface area contributed by atoms with Crippen molar-refractivity contribution in [3.05, 3.63) is 35.9 Å². The molecule has 0 bridgehead atoms. The summed E-state index contributed by atoms with van der Waals surface area (Å²) < 4.78 is 5.12. The lowest BCUT2D eigenvalue weighted by atomic mass is 10.1. The lowest BCUT2D eigenvalue weighted by molar-refractivity contribution is -0.130. The normalized spacial score (nSPS) is 15.8. The molecule has 0 N–H and O–H groups in total. The van der Waals surface area contributed by atoms with Crippen molar-refractivity contribution < 1.29 is 14.3 Å². The van der Waals surface area contributed by atoms with Crippen LogP contribution in [0.2, 0.25) is 0 Å². The van der Waals surface area contributed by atoms with Gasteiger partial charge in [0.1, 0.15) is 5.75 Å². The Balaban J connectivity index is 2.00. The third-order valence-electron chi connectivity index (χ3n) is 3.66. The van der Waals surface area contributed by atoms with Gasteiger partial charge in [0.05, 0.1) is 7.11 Å². The molecule has 1 aromatic carbocycles. The molecule has 21 heavy (non-hydrogen) atoms. The first-order chi connectivity index (χ1) is 10.1. The lowest BCUT2D eigenvalue weighted by Gasteiger charge is -2.32. The highest BCUT2D eigenvalue weighted by Crippen LogP contribution is 2.18. The number of ether oxygens (including phenoxy) is 1. The minimum Gasteiger partial charge on any atom is -0.497 e. The average molecular weight is 288 g/mol. The molecule has 1 fully saturated rings. The van der Waals surface area contributed by atoms with Crippen LogP contribution in [0.25, 0.3) is 5.57 Å². The van der Waals surface area contributed by atoms with Gasteiger partial charge in [-0.25, -0.2) is 0 Å². The minimum atomic E-state index is -0.00568. The van der Waals surface area contributed by atoms with Gasteiger partial charge in [-0.1, -0.05) is 12.1 Å². The topological polar surface area (TPSA) is 49.9 Å². The maximum absolute atomic E-state index is 12.2. The van der Waals surface area contributed by atoms with Crippen LogP contribution in [0.4, 0.5) is 0 Å². The van der Waals surface area contributed by atoms with Crippen LogP contribution >= 0.6 is 0 Å². The van der Waals surface area contributed by atoms with E-state index in [1.165, 1.54) is 0 Å². The van der Waals surface area contributed by atoms with Gasteiger partial charge in [-0.05, 0) is 30.2 Å². The van der Waals surface area contributed by atoms with Crippen LogP contribution in [0.3, 0.4) is 0 Å². The fraction of sp³-hybridized carbons (Fsp3) is 0.375. The zero-order chi connectivity index (χ0) is 15.2. The third kappa shape index (κ3) is 3.84. The van der Waals surface area contributed by atoms with E-state index in [0.29, 0.717) is 26.2 Å². The van der Waals surface area contributed by atoms with Crippen LogP contribution in [0.5, 0.6) is 5.75 Å². The second-order valence-corrected chi connectivity index (χ2v) is 5.02. The van der Waals surface area contributed by atoms with Gasteiger partial charge in [0.2, 0.25) is 12.3 Å². The Hall–Kier alpha value is -2.30. The molecule has 5 nitrogen and oxygen atoms in total. The number of methoxy groups -OCH3 is 1. The summed E-state index contributed by atoms with van der Waals surface area (Å²) in [5, 5.41) is 0. The summed E-state index contributed by atoms with van der Waals surface area (Å²) in [6.07, 6.45) is 2.48. The minimum absolute atomic E-state index is 0.00568. The number of rotatable bonds is 4. The summed E-state index contributed by atoms with van der Waals surface area (Å²) >= 11 is 0. The van der Waals surface area contributed by atoms with Gasteiger partial charge in [-0.3, -0.25) is 9.59 Å². The van der Waals surface area contributed by atoms with Crippen molar-refractivity contribution in [2.45, 2.75) is 6.92 Å². The maximum atomic E-state index is 12.2. The Kier molecular flexibility index (Phi) is 4.98. The summed E-state index contributed by atoms with van der Waals surface area (Å²) in [6.45, 7) is 4.30. The molecule has 0 unspecified atom stereocenters. The molecule has 0 radical (unpaired) electrons. The second kappa shape index (κ2) is 6.92. The van der Waals surface area contributed by atoms with Gasteiger partial charge < -0.3 is 14.5 Å². The zero-order valence-electron chi connectivity index (χ0n) is 12.4. The molecule has 0 atom stereocenters. The van der Waals surface area contributed by atoms with E-state index in [1.54, 1.807) is 23.0 Å². The Morgan fingerprint density at radius 1 is 1.14 bits per heavy atom. The van der Waals surface area contributed by atoms with Gasteiger partial charge in [0.25, 0.3) is 0 Å². The number of carbonyl (C=O) groups excluding carboxylic acids is 2. The molecule has 2 rings (SSSR count). The molecule has 1 aliphatic rings. The highest BCUT2D eigenvalue weighted by Gasteiger charge is 2.18. The number of nitrogens with zero attached hydrogens (tertiary/aromatic N) is 2. The average Bonchev–Trinajstić information content (AvgIpc) is 2.55. The summed E-state index contributed by atoms with van der Waals surface area (Å²) in [7, 11) is 1.63. The van der Waals surface area contributed by atoms with Crippen LogP contribution in [0.15, 0.2) is 30.3 Å². The molecule has 1 aromatic rings. The van der Waals surface area contributed by atoms with Crippen molar-refractivity contribution in [2.24, 2.45) is 0 Å². The Morgan fingerprint density at radius 2 is 1.76 bits per heavy atom. The monoisotopic (exact) mass is 288 g/mol. The quantitative estimate of drug-likeness (QED) is 0.621. The van der Waals surface area contributed by atoms with Crippen LogP contribution in [-0.2, 0) is 9.59 Å². The largest absolute Gasteiger partial charge is 0.497 e. The highest BCUT2D eigenvalue weighted by molar-refractivity contribution is 5.95. The molecule has 0 aromatic heterocycles. The first kappa shape index (κ1) is 15.1. The van der Waals surface area contributed by atoms with Crippen LogP contribution in [0, 0.1) is 0 Å². The summed E-state index contributed by atoms with van der Waals surface area (Å²) in [6, 6.07) is 7.62. The number of hydrogen-bond acceptors (Lipinski definition) is 3. The zero-order valence-corrected chi connectivity index (χ0v) is 12.4. The molecule has 5 heteroatoms. The number of hydrogen-bond donors (Lipinski definition) is 0. The van der Waals surface area contributed by atoms with Crippen molar-refractivity contribution >= 4 is 17.9 Å². The standard InChI is InChI=1S/C16H20N2O3/c1-13(14-3-5-15(21-2)6-4-14)11-16(20)18-9-7-17(12-19)8-10-18/h3-6,11-12H,7-10H2,1-2H3/b13-11+. The van der Waals surface area contributed by atoms with Crippen molar-refractivity contribution in [2.75, 3.05) is 33.3 Å². The molecule has 1 heterocycles. The van der Waals surface area contributed by atoms with Crippen molar-refractivity contribution in [1.82, 2.24) is 9.80 Å². The Labute approximate surface area is 124 Å².